The SMILES string of the molecule is CCCCCCC(CCCCCC)c1c2nc(c(-c3ccccc3)c3ccc([nH]3)c(C(CCCCCC)CCCCCC)c3ccc([nH]3)c(-c3ccccc3)c3nc1C=C3)C=C2. The average molecular weight is 827 g/mol. The van der Waals surface area contributed by atoms with Gasteiger partial charge in [0.1, 0.15) is 0 Å². The number of fused-ring (bicyclic) bond motifs is 8. The molecule has 62 heavy (non-hydrogen) atoms. The monoisotopic (exact) mass is 827 g/mol. The Kier molecular flexibility index (Phi) is 17.1. The molecule has 0 atom stereocenters. The minimum absolute atomic E-state index is 0.381. The van der Waals surface area contributed by atoms with E-state index < -0.39 is 0 Å². The van der Waals surface area contributed by atoms with Crippen molar-refractivity contribution in [2.45, 2.75) is 168 Å². The Morgan fingerprint density at radius 3 is 1.06 bits per heavy atom. The first-order chi connectivity index (χ1) is 30.6. The maximum atomic E-state index is 5.66. The number of benzene rings is 2. The Morgan fingerprint density at radius 2 is 0.694 bits per heavy atom. The highest BCUT2D eigenvalue weighted by Gasteiger charge is 2.24. The van der Waals surface area contributed by atoms with Crippen LogP contribution in [0.2, 0.25) is 0 Å². The fourth-order valence-electron chi connectivity index (χ4n) is 10.1. The summed E-state index contributed by atoms with van der Waals surface area (Å²) in [6, 6.07) is 31.2. The molecule has 0 saturated carbocycles. The maximum Gasteiger partial charge on any atom is 0.0737 e. The minimum atomic E-state index is 0.381. The molecule has 5 heterocycles. The van der Waals surface area contributed by atoms with Crippen LogP contribution in [0.25, 0.3) is 68.6 Å². The lowest BCUT2D eigenvalue weighted by atomic mass is 9.86. The number of nitrogens with one attached hydrogen (secondary N) is 2. The fourth-order valence-corrected chi connectivity index (χ4v) is 10.1. The number of unbranched alkanes of at least 4 members (excludes halogenated alkanes) is 12. The van der Waals surface area contributed by atoms with Crippen molar-refractivity contribution in [3.8, 4) is 22.3 Å². The van der Waals surface area contributed by atoms with E-state index in [1.165, 1.54) is 149 Å². The van der Waals surface area contributed by atoms with Gasteiger partial charge in [0.2, 0.25) is 0 Å². The molecule has 2 aromatic carbocycles. The summed E-state index contributed by atoms with van der Waals surface area (Å²) in [7, 11) is 0. The van der Waals surface area contributed by atoms with Gasteiger partial charge in [0, 0.05) is 44.3 Å². The molecule has 326 valence electrons. The summed E-state index contributed by atoms with van der Waals surface area (Å²) < 4.78 is 0. The zero-order valence-electron chi connectivity index (χ0n) is 38.6. The van der Waals surface area contributed by atoms with Crippen molar-refractivity contribution in [3.63, 3.8) is 0 Å². The molecule has 0 radical (unpaired) electrons. The highest BCUT2D eigenvalue weighted by Crippen LogP contribution is 2.40. The van der Waals surface area contributed by atoms with Gasteiger partial charge in [0.25, 0.3) is 0 Å². The lowest BCUT2D eigenvalue weighted by Crippen LogP contribution is -2.05. The van der Waals surface area contributed by atoms with Crippen LogP contribution in [0.1, 0.15) is 202 Å². The quantitative estimate of drug-likeness (QED) is 0.0596. The van der Waals surface area contributed by atoms with Gasteiger partial charge in [-0.15, -0.1) is 0 Å². The van der Waals surface area contributed by atoms with E-state index in [-0.39, 0.29) is 0 Å². The number of aromatic amines is 2. The lowest BCUT2D eigenvalue weighted by molar-refractivity contribution is 0.494. The Bertz CT molecular complexity index is 2210. The fraction of sp³-hybridized carbons (Fsp3) is 0.448. The van der Waals surface area contributed by atoms with E-state index >= 15 is 0 Å². The Morgan fingerprint density at radius 1 is 0.355 bits per heavy atom. The first-order valence-electron chi connectivity index (χ1n) is 24.9. The average Bonchev–Trinajstić information content (AvgIpc) is 4.15. The van der Waals surface area contributed by atoms with Gasteiger partial charge in [-0.05, 0) is 97.2 Å². The standard InChI is InChI=1S/C58H74N4/c1-5-9-13-19-27-43(28-20-14-10-6-2)55-47-35-39-51(59-47)57(45-31-23-17-24-32-45)53-41-37-49(61-53)56(44(29-21-15-11-7-3)30-22-16-12-8-4)50-38-42-54(62-50)58(46-33-25-18-26-34-46)52-40-36-48(55)60-52/h17-18,23-26,31-44,59-60H,5-16,19-22,27-30H2,1-4H3. The third-order valence-electron chi connectivity index (χ3n) is 13.4. The van der Waals surface area contributed by atoms with Crippen LogP contribution >= 0.6 is 0 Å². The molecule has 0 saturated heterocycles. The molecule has 7 rings (SSSR count). The largest absolute Gasteiger partial charge is 0.355 e. The van der Waals surface area contributed by atoms with Crippen molar-refractivity contribution in [2.24, 2.45) is 0 Å². The number of H-pyrrole nitrogens is 2. The summed E-state index contributed by atoms with van der Waals surface area (Å²) in [5.74, 6) is 0.809. The van der Waals surface area contributed by atoms with Gasteiger partial charge >= 0.3 is 0 Å². The van der Waals surface area contributed by atoms with E-state index in [4.69, 9.17) is 9.97 Å². The zero-order chi connectivity index (χ0) is 42.9. The van der Waals surface area contributed by atoms with Crippen LogP contribution in [0.5, 0.6) is 0 Å². The van der Waals surface area contributed by atoms with Crippen LogP contribution in [0.15, 0.2) is 84.9 Å². The number of rotatable bonds is 24. The molecular weight excluding hydrogens is 753 g/mol. The summed E-state index contributed by atoms with van der Waals surface area (Å²) >= 11 is 0. The zero-order valence-corrected chi connectivity index (χ0v) is 38.6. The lowest BCUT2D eigenvalue weighted by Gasteiger charge is -2.19. The van der Waals surface area contributed by atoms with Gasteiger partial charge in [-0.25, -0.2) is 9.97 Å². The van der Waals surface area contributed by atoms with Crippen molar-refractivity contribution in [3.05, 3.63) is 119 Å². The van der Waals surface area contributed by atoms with Gasteiger partial charge < -0.3 is 9.97 Å². The predicted octanol–water partition coefficient (Wildman–Crippen LogP) is 18.0. The molecule has 8 bridgehead atoms. The number of hydrogen-bond acceptors (Lipinski definition) is 2. The highest BCUT2D eigenvalue weighted by atomic mass is 14.8. The van der Waals surface area contributed by atoms with Gasteiger partial charge in [-0.3, -0.25) is 0 Å². The minimum Gasteiger partial charge on any atom is -0.355 e. The van der Waals surface area contributed by atoms with Crippen LogP contribution in [0.4, 0.5) is 0 Å². The smallest absolute Gasteiger partial charge is 0.0737 e. The van der Waals surface area contributed by atoms with Crippen molar-refractivity contribution in [1.82, 2.24) is 19.9 Å². The third-order valence-corrected chi connectivity index (χ3v) is 13.4. The molecule has 0 unspecified atom stereocenters. The molecule has 0 aliphatic carbocycles. The summed E-state index contributed by atoms with van der Waals surface area (Å²) in [6.45, 7) is 9.26. The molecule has 5 aromatic rings. The van der Waals surface area contributed by atoms with Gasteiger partial charge in [0.05, 0.1) is 22.8 Å². The molecule has 0 spiro atoms. The van der Waals surface area contributed by atoms with E-state index in [1.807, 2.05) is 0 Å². The Balaban J connectivity index is 1.55. The molecule has 0 amide bonds. The predicted molar refractivity (Wildman–Crippen MR) is 270 cm³/mol. The van der Waals surface area contributed by atoms with Crippen LogP contribution in [0, 0.1) is 0 Å². The number of hydrogen-bond donors (Lipinski definition) is 2. The Labute approximate surface area is 373 Å². The molecule has 4 heteroatoms. The number of aromatic nitrogens is 4. The third kappa shape index (κ3) is 11.3. The van der Waals surface area contributed by atoms with E-state index in [0.717, 1.165) is 57.8 Å². The van der Waals surface area contributed by atoms with Crippen LogP contribution < -0.4 is 0 Å². The van der Waals surface area contributed by atoms with Crippen LogP contribution in [0.3, 0.4) is 0 Å². The maximum absolute atomic E-state index is 5.66. The second kappa shape index (κ2) is 23.5. The van der Waals surface area contributed by atoms with Crippen molar-refractivity contribution in [1.29, 1.82) is 0 Å². The summed E-state index contributed by atoms with van der Waals surface area (Å²) in [6.07, 6.45) is 34.1. The van der Waals surface area contributed by atoms with Gasteiger partial charge in [-0.2, -0.15) is 0 Å². The molecule has 0 fully saturated rings. The van der Waals surface area contributed by atoms with Crippen molar-refractivity contribution >= 4 is 46.4 Å². The summed E-state index contributed by atoms with van der Waals surface area (Å²) in [5, 5.41) is 0. The molecule has 2 N–H and O–H groups in total. The van der Waals surface area contributed by atoms with Gasteiger partial charge in [0.15, 0.2) is 0 Å². The van der Waals surface area contributed by atoms with E-state index in [9.17, 15) is 0 Å². The first kappa shape index (κ1) is 45.1. The van der Waals surface area contributed by atoms with Crippen LogP contribution in [-0.4, -0.2) is 19.9 Å². The van der Waals surface area contributed by atoms with E-state index in [1.54, 1.807) is 0 Å². The van der Waals surface area contributed by atoms with Crippen molar-refractivity contribution in [2.75, 3.05) is 0 Å². The topological polar surface area (TPSA) is 57.4 Å². The van der Waals surface area contributed by atoms with E-state index in [2.05, 4.69) is 147 Å². The molecule has 3 aromatic heterocycles. The van der Waals surface area contributed by atoms with E-state index in [0.29, 0.717) is 11.8 Å². The second-order valence-corrected chi connectivity index (χ2v) is 18.1. The Hall–Kier alpha value is -4.96. The number of nitrogens with zero attached hydrogens (tertiary/aromatic N) is 2. The molecule has 2 aliphatic heterocycles. The molecular formula is C58H74N4. The highest BCUT2D eigenvalue weighted by molar-refractivity contribution is 5.94. The summed E-state index contributed by atoms with van der Waals surface area (Å²) in [4.78, 5) is 19.5. The van der Waals surface area contributed by atoms with Crippen molar-refractivity contribution < 1.29 is 0 Å². The molecule has 4 nitrogen and oxygen atoms in total. The second-order valence-electron chi connectivity index (χ2n) is 18.1. The molecule has 2 aliphatic rings. The van der Waals surface area contributed by atoms with Crippen LogP contribution in [-0.2, 0) is 0 Å². The van der Waals surface area contributed by atoms with Gasteiger partial charge in [-0.1, -0.05) is 191 Å². The first-order valence-corrected chi connectivity index (χ1v) is 24.9. The summed E-state index contributed by atoms with van der Waals surface area (Å²) in [5.41, 5.74) is 16.2. The normalized spacial score (nSPS) is 12.4.